The molecule has 2 aromatic heterocycles. The predicted molar refractivity (Wildman–Crippen MR) is 91.1 cm³/mol. The summed E-state index contributed by atoms with van der Waals surface area (Å²) >= 11 is 0. The number of nitrogens with zero attached hydrogens (tertiary/aromatic N) is 5. The second kappa shape index (κ2) is 7.77. The Bertz CT molecular complexity index is 791. The Balaban J connectivity index is 1.70. The molecule has 0 bridgehead atoms. The fourth-order valence-corrected chi connectivity index (χ4v) is 3.13. The van der Waals surface area contributed by atoms with Crippen LogP contribution in [0.2, 0.25) is 0 Å². The van der Waals surface area contributed by atoms with Gasteiger partial charge in [0.15, 0.2) is 0 Å². The Kier molecular flexibility index (Phi) is 5.46. The van der Waals surface area contributed by atoms with Crippen LogP contribution in [0.5, 0.6) is 5.88 Å². The molecule has 140 valence electrons. The Labute approximate surface area is 151 Å². The molecular formula is C17H23N5O4. The molecule has 1 saturated carbocycles. The van der Waals surface area contributed by atoms with Crippen LogP contribution >= 0.6 is 0 Å². The highest BCUT2D eigenvalue weighted by Gasteiger charge is 2.32. The van der Waals surface area contributed by atoms with E-state index >= 15 is 0 Å². The van der Waals surface area contributed by atoms with Crippen molar-refractivity contribution in [2.45, 2.75) is 45.8 Å². The van der Waals surface area contributed by atoms with Gasteiger partial charge < -0.3 is 14.6 Å². The Morgan fingerprint density at radius 2 is 2.23 bits per heavy atom. The van der Waals surface area contributed by atoms with Gasteiger partial charge in [-0.05, 0) is 33.1 Å². The Morgan fingerprint density at radius 1 is 1.42 bits per heavy atom. The molecule has 1 fully saturated rings. The molecule has 9 nitrogen and oxygen atoms in total. The van der Waals surface area contributed by atoms with Crippen LogP contribution in [0.3, 0.4) is 0 Å². The summed E-state index contributed by atoms with van der Waals surface area (Å²) in [4.78, 5) is 20.7. The van der Waals surface area contributed by atoms with Gasteiger partial charge >= 0.3 is 5.97 Å². The molecule has 26 heavy (non-hydrogen) atoms. The normalized spacial score (nSPS) is 19.5. The van der Waals surface area contributed by atoms with Crippen molar-refractivity contribution in [3.05, 3.63) is 17.6 Å². The van der Waals surface area contributed by atoms with Gasteiger partial charge in [0.1, 0.15) is 23.2 Å². The largest absolute Gasteiger partial charge is 0.473 e. The third-order valence-electron chi connectivity index (χ3n) is 4.52. The van der Waals surface area contributed by atoms with Gasteiger partial charge in [-0.2, -0.15) is 0 Å². The molecule has 1 aliphatic rings. The number of hydrogen-bond donors (Lipinski definition) is 1. The lowest BCUT2D eigenvalue weighted by Gasteiger charge is -2.14. The molecule has 0 spiro atoms. The SMILES string of the molecule is CCOC(=O)C1CCC(Oc2ncc(-c3nnn(C)c3CO)nc2C)C1. The molecule has 0 saturated heterocycles. The lowest BCUT2D eigenvalue weighted by Crippen LogP contribution is -2.19. The van der Waals surface area contributed by atoms with Crippen molar-refractivity contribution in [3.8, 4) is 17.3 Å². The zero-order valence-electron chi connectivity index (χ0n) is 15.2. The molecule has 1 aliphatic carbocycles. The van der Waals surface area contributed by atoms with E-state index in [-0.39, 0.29) is 24.6 Å². The van der Waals surface area contributed by atoms with E-state index in [0.29, 0.717) is 41.7 Å². The number of hydrogen-bond acceptors (Lipinski definition) is 8. The van der Waals surface area contributed by atoms with E-state index in [9.17, 15) is 9.90 Å². The van der Waals surface area contributed by atoms with Crippen LogP contribution in [0, 0.1) is 12.8 Å². The highest BCUT2D eigenvalue weighted by atomic mass is 16.5. The molecule has 0 amide bonds. The molecular weight excluding hydrogens is 338 g/mol. The first kappa shape index (κ1) is 18.2. The maximum atomic E-state index is 11.8. The standard InChI is InChI=1S/C17H23N5O4/c1-4-25-17(24)11-5-6-12(7-11)26-16-10(2)19-13(8-18-16)15-14(9-23)22(3)21-20-15/h8,11-12,23H,4-7,9H2,1-3H3. The highest BCUT2D eigenvalue weighted by Crippen LogP contribution is 2.31. The fourth-order valence-electron chi connectivity index (χ4n) is 3.13. The van der Waals surface area contributed by atoms with E-state index in [4.69, 9.17) is 9.47 Å². The van der Waals surface area contributed by atoms with Crippen molar-refractivity contribution >= 4 is 5.97 Å². The van der Waals surface area contributed by atoms with Gasteiger partial charge in [-0.15, -0.1) is 5.10 Å². The van der Waals surface area contributed by atoms with Crippen LogP contribution in [-0.2, 0) is 23.2 Å². The minimum absolute atomic E-state index is 0.0761. The van der Waals surface area contributed by atoms with Crippen molar-refractivity contribution in [3.63, 3.8) is 0 Å². The van der Waals surface area contributed by atoms with Gasteiger partial charge in [0.25, 0.3) is 0 Å². The fraction of sp³-hybridized carbons (Fsp3) is 0.588. The number of carbonyl (C=O) groups excluding carboxylic acids is 1. The molecule has 2 unspecified atom stereocenters. The van der Waals surface area contributed by atoms with Crippen molar-refractivity contribution in [2.24, 2.45) is 13.0 Å². The Morgan fingerprint density at radius 3 is 2.92 bits per heavy atom. The summed E-state index contributed by atoms with van der Waals surface area (Å²) in [5.74, 6) is 0.174. The summed E-state index contributed by atoms with van der Waals surface area (Å²) in [7, 11) is 1.71. The van der Waals surface area contributed by atoms with Crippen LogP contribution in [-0.4, -0.2) is 48.7 Å². The quantitative estimate of drug-likeness (QED) is 0.763. The second-order valence-corrected chi connectivity index (χ2v) is 6.31. The van der Waals surface area contributed by atoms with Crippen molar-refractivity contribution in [2.75, 3.05) is 6.61 Å². The summed E-state index contributed by atoms with van der Waals surface area (Å²) in [5.41, 5.74) is 2.22. The van der Waals surface area contributed by atoms with Crippen molar-refractivity contribution < 1.29 is 19.4 Å². The maximum Gasteiger partial charge on any atom is 0.309 e. The van der Waals surface area contributed by atoms with Crippen LogP contribution in [0.1, 0.15) is 37.6 Å². The lowest BCUT2D eigenvalue weighted by molar-refractivity contribution is -0.147. The van der Waals surface area contributed by atoms with Gasteiger partial charge in [-0.1, -0.05) is 5.21 Å². The van der Waals surface area contributed by atoms with Gasteiger partial charge in [0.2, 0.25) is 5.88 Å². The number of aryl methyl sites for hydroxylation is 2. The first-order chi connectivity index (χ1) is 12.5. The number of rotatable bonds is 6. The van der Waals surface area contributed by atoms with E-state index in [1.54, 1.807) is 27.1 Å². The van der Waals surface area contributed by atoms with Gasteiger partial charge in [-0.25, -0.2) is 14.6 Å². The van der Waals surface area contributed by atoms with Crippen molar-refractivity contribution in [1.82, 2.24) is 25.0 Å². The smallest absolute Gasteiger partial charge is 0.309 e. The van der Waals surface area contributed by atoms with Crippen LogP contribution in [0.25, 0.3) is 11.4 Å². The molecule has 2 atom stereocenters. The molecule has 1 N–H and O–H groups in total. The number of carbonyl (C=O) groups is 1. The highest BCUT2D eigenvalue weighted by molar-refractivity contribution is 5.72. The van der Waals surface area contributed by atoms with E-state index in [0.717, 1.165) is 12.8 Å². The third-order valence-corrected chi connectivity index (χ3v) is 4.52. The number of aromatic nitrogens is 5. The average Bonchev–Trinajstić information content (AvgIpc) is 3.23. The molecule has 0 radical (unpaired) electrons. The zero-order valence-corrected chi connectivity index (χ0v) is 15.2. The van der Waals surface area contributed by atoms with Gasteiger partial charge in [0.05, 0.1) is 31.0 Å². The summed E-state index contributed by atoms with van der Waals surface area (Å²) in [5, 5.41) is 17.4. The summed E-state index contributed by atoms with van der Waals surface area (Å²) in [6.07, 6.45) is 3.65. The molecule has 0 aliphatic heterocycles. The maximum absolute atomic E-state index is 11.8. The Hall–Kier alpha value is -2.55. The van der Waals surface area contributed by atoms with Gasteiger partial charge in [-0.3, -0.25) is 4.79 Å². The zero-order chi connectivity index (χ0) is 18.7. The number of ether oxygens (including phenoxy) is 2. The number of esters is 1. The summed E-state index contributed by atoms with van der Waals surface area (Å²) < 4.78 is 12.5. The topological polar surface area (TPSA) is 112 Å². The van der Waals surface area contributed by atoms with Crippen LogP contribution < -0.4 is 4.74 Å². The summed E-state index contributed by atoms with van der Waals surface area (Å²) in [6.45, 7) is 3.82. The first-order valence-electron chi connectivity index (χ1n) is 8.70. The monoisotopic (exact) mass is 361 g/mol. The van der Waals surface area contributed by atoms with E-state index in [2.05, 4.69) is 20.3 Å². The number of aliphatic hydroxyl groups is 1. The molecule has 2 aromatic rings. The van der Waals surface area contributed by atoms with E-state index < -0.39 is 0 Å². The van der Waals surface area contributed by atoms with E-state index in [1.807, 2.05) is 0 Å². The summed E-state index contributed by atoms with van der Waals surface area (Å²) in [6, 6.07) is 0. The second-order valence-electron chi connectivity index (χ2n) is 6.31. The number of aliphatic hydroxyl groups excluding tert-OH is 1. The minimum Gasteiger partial charge on any atom is -0.473 e. The average molecular weight is 361 g/mol. The molecule has 0 aromatic carbocycles. The van der Waals surface area contributed by atoms with Crippen LogP contribution in [0.15, 0.2) is 6.20 Å². The predicted octanol–water partition coefficient (Wildman–Crippen LogP) is 1.18. The minimum atomic E-state index is -0.185. The third kappa shape index (κ3) is 3.67. The van der Waals surface area contributed by atoms with Crippen molar-refractivity contribution in [1.29, 1.82) is 0 Å². The lowest BCUT2D eigenvalue weighted by atomic mass is 10.1. The molecule has 9 heteroatoms. The van der Waals surface area contributed by atoms with Crippen LogP contribution in [0.4, 0.5) is 0 Å². The molecule has 2 heterocycles. The first-order valence-corrected chi connectivity index (χ1v) is 8.70. The molecule has 3 rings (SSSR count). The van der Waals surface area contributed by atoms with Gasteiger partial charge in [0, 0.05) is 7.05 Å². The van der Waals surface area contributed by atoms with E-state index in [1.165, 1.54) is 4.68 Å².